The largest absolute Gasteiger partial charge is 0.493 e. The third-order valence-electron chi connectivity index (χ3n) is 8.66. The van der Waals surface area contributed by atoms with Gasteiger partial charge in [0.25, 0.3) is 0 Å². The fraction of sp³-hybridized carbons (Fsp3) is 0.342. The second-order valence-corrected chi connectivity index (χ2v) is 13.1. The molecule has 3 aromatic carbocycles. The van der Waals surface area contributed by atoms with E-state index < -0.39 is 5.97 Å². The molecule has 1 aliphatic rings. The molecule has 1 atom stereocenters. The van der Waals surface area contributed by atoms with E-state index in [1.165, 1.54) is 6.20 Å². The zero-order valence-electron chi connectivity index (χ0n) is 28.1. The van der Waals surface area contributed by atoms with Crippen LogP contribution in [0.1, 0.15) is 46.2 Å². The molecule has 12 heteroatoms. The summed E-state index contributed by atoms with van der Waals surface area (Å²) in [5, 5.41) is 21.6. The number of aromatic nitrogens is 1. The van der Waals surface area contributed by atoms with Crippen molar-refractivity contribution in [1.82, 2.24) is 15.2 Å². The Morgan fingerprint density at radius 2 is 1.80 bits per heavy atom. The Morgan fingerprint density at radius 1 is 1.02 bits per heavy atom. The van der Waals surface area contributed by atoms with Gasteiger partial charge in [-0.25, -0.2) is 0 Å². The van der Waals surface area contributed by atoms with Gasteiger partial charge in [-0.05, 0) is 72.7 Å². The van der Waals surface area contributed by atoms with Crippen molar-refractivity contribution < 1.29 is 27.2 Å². The number of halogens is 2. The Hall–Kier alpha value is -3.93. The van der Waals surface area contributed by atoms with Crippen molar-refractivity contribution in [3.8, 4) is 34.4 Å². The molecule has 1 aliphatic heterocycles. The molecule has 0 amide bonds. The lowest BCUT2D eigenvalue weighted by molar-refractivity contribution is -0.136. The summed E-state index contributed by atoms with van der Waals surface area (Å²) in [7, 11) is 0. The van der Waals surface area contributed by atoms with E-state index in [2.05, 4.69) is 47.3 Å². The van der Waals surface area contributed by atoms with Crippen molar-refractivity contribution in [1.29, 1.82) is 5.26 Å². The van der Waals surface area contributed by atoms with E-state index in [1.807, 2.05) is 47.3 Å². The normalized spacial score (nSPS) is 14.3. The number of benzene rings is 3. The van der Waals surface area contributed by atoms with Crippen molar-refractivity contribution in [3.63, 3.8) is 0 Å². The molecule has 2 N–H and O–H groups in total. The fourth-order valence-corrected chi connectivity index (χ4v) is 6.60. The van der Waals surface area contributed by atoms with E-state index in [-0.39, 0.29) is 26.3 Å². The number of hydrogen-bond acceptors (Lipinski definition) is 9. The summed E-state index contributed by atoms with van der Waals surface area (Å²) in [5.74, 6) is 0.807. The molecule has 0 saturated carbocycles. The van der Waals surface area contributed by atoms with Crippen molar-refractivity contribution in [3.05, 3.63) is 105 Å². The number of aliphatic carboxylic acids is 1. The number of nitrogens with zero attached hydrogens (tertiary/aromatic N) is 3. The van der Waals surface area contributed by atoms with Crippen molar-refractivity contribution in [2.75, 3.05) is 32.8 Å². The van der Waals surface area contributed by atoms with Crippen LogP contribution in [0.15, 0.2) is 67.0 Å². The molecule has 262 valence electrons. The van der Waals surface area contributed by atoms with Crippen LogP contribution in [0.5, 0.6) is 17.2 Å². The van der Waals surface area contributed by atoms with Crippen LogP contribution in [0.2, 0.25) is 5.02 Å². The van der Waals surface area contributed by atoms with Gasteiger partial charge < -0.3 is 32.6 Å². The summed E-state index contributed by atoms with van der Waals surface area (Å²) in [5.41, 5.74) is 7.17. The Morgan fingerprint density at radius 3 is 2.56 bits per heavy atom. The minimum Gasteiger partial charge on any atom is -0.493 e. The second kappa shape index (κ2) is 18.3. The third-order valence-corrected chi connectivity index (χ3v) is 9.67. The maximum atomic E-state index is 11.1. The third kappa shape index (κ3) is 10.1. The molecular formula is C38H40ClIN4O6. The first-order valence-electron chi connectivity index (χ1n) is 16.4. The predicted octanol–water partition coefficient (Wildman–Crippen LogP) is 7.43. The molecule has 1 fully saturated rings. The minimum atomic E-state index is -0.973. The number of nitriles is 1. The van der Waals surface area contributed by atoms with Gasteiger partial charge >= 0.3 is 5.97 Å². The molecule has 5 rings (SSSR count). The number of pyridine rings is 1. The van der Waals surface area contributed by atoms with Crippen LogP contribution in [0.25, 0.3) is 11.1 Å². The Kier molecular flexibility index (Phi) is 13.7. The van der Waals surface area contributed by atoms with Crippen LogP contribution in [0.4, 0.5) is 0 Å². The van der Waals surface area contributed by atoms with E-state index >= 15 is 0 Å². The first kappa shape index (κ1) is 37.3. The summed E-state index contributed by atoms with van der Waals surface area (Å²) in [6, 6.07) is 19.5. The van der Waals surface area contributed by atoms with Gasteiger partial charge in [0.2, 0.25) is 0 Å². The lowest BCUT2D eigenvalue weighted by Crippen LogP contribution is -2.24. The maximum absolute atomic E-state index is 11.1. The van der Waals surface area contributed by atoms with Gasteiger partial charge in [0.15, 0.2) is 0 Å². The Balaban J connectivity index is 1.27. The van der Waals surface area contributed by atoms with Gasteiger partial charge in [0.05, 0.1) is 29.8 Å². The molecule has 0 unspecified atom stereocenters. The number of nitrogens with one attached hydrogen (secondary N) is 1. The van der Waals surface area contributed by atoms with E-state index in [0.717, 1.165) is 66.0 Å². The fourth-order valence-electron chi connectivity index (χ4n) is 5.94. The quantitative estimate of drug-likeness (QED) is 0.0822. The lowest BCUT2D eigenvalue weighted by atomic mass is 9.93. The summed E-state index contributed by atoms with van der Waals surface area (Å²) < 4.78 is 24.1. The summed E-state index contributed by atoms with van der Waals surface area (Å²) in [6.07, 6.45) is 5.46. The van der Waals surface area contributed by atoms with Crippen molar-refractivity contribution >= 4 is 40.6 Å². The second-order valence-electron chi connectivity index (χ2n) is 12.2. The first-order chi connectivity index (χ1) is 24.2. The monoisotopic (exact) mass is 810 g/mol. The van der Waals surface area contributed by atoms with Crippen LogP contribution >= 0.6 is 34.6 Å². The number of carboxylic acids is 1. The zero-order valence-corrected chi connectivity index (χ0v) is 31.0. The van der Waals surface area contributed by atoms with Gasteiger partial charge in [-0.3, -0.25) is 9.78 Å². The van der Waals surface area contributed by atoms with E-state index in [4.69, 9.17) is 34.0 Å². The SMILES string of the molecule is Cc1c(COc2cc(OCc3cncc(C#N)c3)c(CNCC(=O)O)cc2Cl)cccc1-c1cccc(OCCCN2CC[C@@H](OI)C2)c1C. The van der Waals surface area contributed by atoms with E-state index in [1.54, 1.807) is 24.4 Å². The highest BCUT2D eigenvalue weighted by Gasteiger charge is 2.22. The highest BCUT2D eigenvalue weighted by atomic mass is 127. The van der Waals surface area contributed by atoms with E-state index in [0.29, 0.717) is 45.9 Å². The number of carboxylic acid groups (broad SMARTS) is 1. The Bertz CT molecular complexity index is 1830. The standard InChI is InChI=1S/C38H40ClIN4O6/c1-25-29(6-3-7-32(25)33-8-4-9-35(26(33)2)47-13-5-11-44-12-10-31(22-44)50-40)24-49-37-16-36(30(15-34(37)39)20-43-21-38(45)46)48-23-28-14-27(17-41)18-42-19-28/h3-4,6-9,14-16,18-19,31,43H,5,10-13,20-24H2,1-2H3,(H,45,46)/t31-/m1/s1. The summed E-state index contributed by atoms with van der Waals surface area (Å²) >= 11 is 8.68. The van der Waals surface area contributed by atoms with Crippen molar-refractivity contribution in [2.24, 2.45) is 0 Å². The molecule has 1 aromatic heterocycles. The predicted molar refractivity (Wildman–Crippen MR) is 200 cm³/mol. The minimum absolute atomic E-state index is 0.145. The molecular weight excluding hydrogens is 771 g/mol. The highest BCUT2D eigenvalue weighted by molar-refractivity contribution is 14.1. The molecule has 0 aliphatic carbocycles. The average molecular weight is 811 g/mol. The number of likely N-dealkylation sites (tertiary alicyclic amines) is 1. The van der Waals surface area contributed by atoms with Crippen LogP contribution in [-0.4, -0.2) is 59.8 Å². The first-order valence-corrected chi connectivity index (χ1v) is 17.7. The van der Waals surface area contributed by atoms with E-state index in [9.17, 15) is 10.1 Å². The molecule has 0 spiro atoms. The average Bonchev–Trinajstić information content (AvgIpc) is 3.58. The molecule has 50 heavy (non-hydrogen) atoms. The number of hydrogen-bond donors (Lipinski definition) is 2. The molecule has 4 aromatic rings. The Labute approximate surface area is 312 Å². The van der Waals surface area contributed by atoms with Crippen LogP contribution in [0, 0.1) is 25.2 Å². The number of rotatable bonds is 17. The van der Waals surface area contributed by atoms with Crippen LogP contribution < -0.4 is 19.5 Å². The van der Waals surface area contributed by atoms with Crippen LogP contribution in [0.3, 0.4) is 0 Å². The van der Waals surface area contributed by atoms with Gasteiger partial charge in [-0.15, -0.1) is 0 Å². The van der Waals surface area contributed by atoms with Gasteiger partial charge in [-0.2, -0.15) is 5.26 Å². The van der Waals surface area contributed by atoms with Gasteiger partial charge in [-0.1, -0.05) is 41.9 Å². The van der Waals surface area contributed by atoms with Gasteiger partial charge in [0.1, 0.15) is 59.5 Å². The molecule has 1 saturated heterocycles. The summed E-state index contributed by atoms with van der Waals surface area (Å²) in [4.78, 5) is 17.6. The smallest absolute Gasteiger partial charge is 0.317 e. The summed E-state index contributed by atoms with van der Waals surface area (Å²) in [6.45, 7) is 8.27. The van der Waals surface area contributed by atoms with Crippen LogP contribution in [-0.2, 0) is 27.6 Å². The molecule has 10 nitrogen and oxygen atoms in total. The van der Waals surface area contributed by atoms with Crippen molar-refractivity contribution in [2.45, 2.75) is 52.6 Å². The number of carbonyl (C=O) groups is 1. The number of ether oxygens (including phenoxy) is 3. The van der Waals surface area contributed by atoms with Gasteiger partial charge in [0, 0.05) is 55.8 Å². The molecule has 0 radical (unpaired) electrons. The maximum Gasteiger partial charge on any atom is 0.317 e. The highest BCUT2D eigenvalue weighted by Crippen LogP contribution is 2.36. The topological polar surface area (TPSA) is 126 Å². The lowest BCUT2D eigenvalue weighted by Gasteiger charge is -2.19. The molecule has 0 bridgehead atoms. The zero-order chi connectivity index (χ0) is 35.5. The molecule has 2 heterocycles.